The van der Waals surface area contributed by atoms with Crippen molar-refractivity contribution in [1.29, 1.82) is 0 Å². The molecule has 0 saturated carbocycles. The minimum atomic E-state index is 0.286. The highest BCUT2D eigenvalue weighted by Crippen LogP contribution is 2.22. The van der Waals surface area contributed by atoms with Gasteiger partial charge in [-0.25, -0.2) is 0 Å². The molecule has 0 spiro atoms. The molecule has 0 aliphatic carbocycles. The Balaban J connectivity index is 2.80. The fraction of sp³-hybridized carbons (Fsp3) is 0.538. The van der Waals surface area contributed by atoms with Crippen LogP contribution in [0.15, 0.2) is 18.2 Å². The number of nitrogens with one attached hydrogen (secondary N) is 1. The van der Waals surface area contributed by atoms with Gasteiger partial charge in [0.2, 0.25) is 0 Å². The van der Waals surface area contributed by atoms with Gasteiger partial charge in [0.05, 0.1) is 24.0 Å². The Morgan fingerprint density at radius 3 is 2.62 bits per heavy atom. The lowest BCUT2D eigenvalue weighted by molar-refractivity contribution is 0.171. The molecule has 1 rings (SSSR count). The fourth-order valence-corrected chi connectivity index (χ4v) is 1.58. The van der Waals surface area contributed by atoms with Crippen LogP contribution in [0, 0.1) is 12.8 Å². The lowest BCUT2D eigenvalue weighted by atomic mass is 10.0. The Hall–Kier alpha value is -1.22. The topological polar surface area (TPSA) is 47.3 Å². The second-order valence-corrected chi connectivity index (χ2v) is 4.54. The molecule has 1 atom stereocenters. The van der Waals surface area contributed by atoms with Crippen LogP contribution >= 0.6 is 0 Å². The first-order valence-electron chi connectivity index (χ1n) is 5.66. The molecule has 90 valence electrons. The van der Waals surface area contributed by atoms with Crippen molar-refractivity contribution >= 4 is 11.4 Å². The van der Waals surface area contributed by atoms with E-state index in [1.807, 2.05) is 12.1 Å². The molecule has 1 unspecified atom stereocenters. The quantitative estimate of drug-likeness (QED) is 0.753. The Morgan fingerprint density at radius 1 is 1.38 bits per heavy atom. The minimum absolute atomic E-state index is 0.286. The first-order valence-corrected chi connectivity index (χ1v) is 5.66. The highest BCUT2D eigenvalue weighted by Gasteiger charge is 2.13. The lowest BCUT2D eigenvalue weighted by Crippen LogP contribution is -2.30. The van der Waals surface area contributed by atoms with Gasteiger partial charge in [0.25, 0.3) is 0 Å². The smallest absolute Gasteiger partial charge is 0.0666 e. The van der Waals surface area contributed by atoms with Gasteiger partial charge in [-0.3, -0.25) is 0 Å². The molecule has 0 aliphatic rings. The van der Waals surface area contributed by atoms with Crippen LogP contribution in [0.25, 0.3) is 0 Å². The number of rotatable bonds is 5. The third kappa shape index (κ3) is 3.42. The third-order valence-electron chi connectivity index (χ3n) is 2.70. The third-order valence-corrected chi connectivity index (χ3v) is 2.70. The summed E-state index contributed by atoms with van der Waals surface area (Å²) >= 11 is 0. The molecule has 0 heterocycles. The maximum Gasteiger partial charge on any atom is 0.0666 e. The molecule has 1 aromatic rings. The van der Waals surface area contributed by atoms with Gasteiger partial charge in [-0.05, 0) is 30.5 Å². The standard InChI is InChI=1S/C13H22N2O/c1-9(2)13(8-16-4)15-12-7-10(3)5-6-11(12)14/h5-7,9,13,15H,8,14H2,1-4H3. The predicted octanol–water partition coefficient (Wildman–Crippen LogP) is 2.66. The highest BCUT2D eigenvalue weighted by molar-refractivity contribution is 5.67. The summed E-state index contributed by atoms with van der Waals surface area (Å²) in [4.78, 5) is 0. The van der Waals surface area contributed by atoms with E-state index in [1.165, 1.54) is 5.56 Å². The molecule has 0 radical (unpaired) electrons. The molecule has 0 aliphatic heterocycles. The molecule has 0 aromatic heterocycles. The monoisotopic (exact) mass is 222 g/mol. The molecule has 0 amide bonds. The Morgan fingerprint density at radius 2 is 2.06 bits per heavy atom. The number of hydrogen-bond donors (Lipinski definition) is 2. The van der Waals surface area contributed by atoms with E-state index in [9.17, 15) is 0 Å². The Bertz CT molecular complexity index is 337. The lowest BCUT2D eigenvalue weighted by Gasteiger charge is -2.23. The van der Waals surface area contributed by atoms with E-state index in [2.05, 4.69) is 32.2 Å². The number of ether oxygens (including phenoxy) is 1. The number of nitrogens with two attached hydrogens (primary N) is 1. The molecular weight excluding hydrogens is 200 g/mol. The van der Waals surface area contributed by atoms with Crippen molar-refractivity contribution < 1.29 is 4.74 Å². The van der Waals surface area contributed by atoms with Gasteiger partial charge >= 0.3 is 0 Å². The molecular formula is C13H22N2O. The maximum atomic E-state index is 5.93. The van der Waals surface area contributed by atoms with Crippen molar-refractivity contribution in [3.05, 3.63) is 23.8 Å². The van der Waals surface area contributed by atoms with Gasteiger partial charge in [-0.1, -0.05) is 19.9 Å². The number of benzene rings is 1. The molecule has 1 aromatic carbocycles. The SMILES string of the molecule is COCC(Nc1cc(C)ccc1N)C(C)C. The van der Waals surface area contributed by atoms with Crippen molar-refractivity contribution in [3.63, 3.8) is 0 Å². The van der Waals surface area contributed by atoms with E-state index in [4.69, 9.17) is 10.5 Å². The van der Waals surface area contributed by atoms with E-state index in [0.717, 1.165) is 11.4 Å². The van der Waals surface area contributed by atoms with Crippen molar-refractivity contribution in [3.8, 4) is 0 Å². The zero-order valence-electron chi connectivity index (χ0n) is 10.6. The van der Waals surface area contributed by atoms with Crippen LogP contribution in [0.3, 0.4) is 0 Å². The fourth-order valence-electron chi connectivity index (χ4n) is 1.58. The summed E-state index contributed by atoms with van der Waals surface area (Å²) in [7, 11) is 1.72. The number of methoxy groups -OCH3 is 1. The number of hydrogen-bond acceptors (Lipinski definition) is 3. The summed E-state index contributed by atoms with van der Waals surface area (Å²) in [5.41, 5.74) is 8.92. The van der Waals surface area contributed by atoms with Crippen LogP contribution in [0.1, 0.15) is 19.4 Å². The average Bonchev–Trinajstić information content (AvgIpc) is 2.22. The van der Waals surface area contributed by atoms with Crippen LogP contribution in [-0.2, 0) is 4.74 Å². The highest BCUT2D eigenvalue weighted by atomic mass is 16.5. The van der Waals surface area contributed by atoms with Gasteiger partial charge < -0.3 is 15.8 Å². The van der Waals surface area contributed by atoms with E-state index in [-0.39, 0.29) is 6.04 Å². The molecule has 0 fully saturated rings. The first-order chi connectivity index (χ1) is 7.54. The summed E-state index contributed by atoms with van der Waals surface area (Å²) in [6, 6.07) is 6.30. The average molecular weight is 222 g/mol. The van der Waals surface area contributed by atoms with Gasteiger partial charge in [0.15, 0.2) is 0 Å². The molecule has 3 N–H and O–H groups in total. The first kappa shape index (κ1) is 12.8. The molecule has 0 saturated heterocycles. The minimum Gasteiger partial charge on any atom is -0.397 e. The molecule has 0 bridgehead atoms. The van der Waals surface area contributed by atoms with Crippen molar-refractivity contribution in [2.24, 2.45) is 5.92 Å². The van der Waals surface area contributed by atoms with E-state index in [0.29, 0.717) is 12.5 Å². The number of nitrogen functional groups attached to an aromatic ring is 1. The van der Waals surface area contributed by atoms with Crippen molar-refractivity contribution in [2.75, 3.05) is 24.8 Å². The largest absolute Gasteiger partial charge is 0.397 e. The van der Waals surface area contributed by atoms with Gasteiger partial charge in [0.1, 0.15) is 0 Å². The maximum absolute atomic E-state index is 5.93. The normalized spacial score (nSPS) is 12.8. The van der Waals surface area contributed by atoms with Crippen molar-refractivity contribution in [1.82, 2.24) is 0 Å². The van der Waals surface area contributed by atoms with Gasteiger partial charge in [-0.2, -0.15) is 0 Å². The van der Waals surface area contributed by atoms with Crippen LogP contribution in [-0.4, -0.2) is 19.8 Å². The molecule has 3 nitrogen and oxygen atoms in total. The summed E-state index contributed by atoms with van der Waals surface area (Å²) in [6.07, 6.45) is 0. The zero-order chi connectivity index (χ0) is 12.1. The number of aryl methyl sites for hydroxylation is 1. The molecule has 16 heavy (non-hydrogen) atoms. The summed E-state index contributed by atoms with van der Waals surface area (Å²) in [5, 5.41) is 3.44. The van der Waals surface area contributed by atoms with Crippen LogP contribution < -0.4 is 11.1 Å². The van der Waals surface area contributed by atoms with Gasteiger partial charge in [0, 0.05) is 7.11 Å². The second kappa shape index (κ2) is 5.75. The summed E-state index contributed by atoms with van der Waals surface area (Å²) in [6.45, 7) is 7.09. The van der Waals surface area contributed by atoms with Gasteiger partial charge in [-0.15, -0.1) is 0 Å². The van der Waals surface area contributed by atoms with Crippen molar-refractivity contribution in [2.45, 2.75) is 26.8 Å². The second-order valence-electron chi connectivity index (χ2n) is 4.54. The van der Waals surface area contributed by atoms with Crippen LogP contribution in [0.4, 0.5) is 11.4 Å². The Labute approximate surface area is 98.0 Å². The Kier molecular flexibility index (Phi) is 4.62. The van der Waals surface area contributed by atoms with E-state index >= 15 is 0 Å². The van der Waals surface area contributed by atoms with E-state index in [1.54, 1.807) is 7.11 Å². The predicted molar refractivity (Wildman–Crippen MR) is 69.7 cm³/mol. The number of anilines is 2. The zero-order valence-corrected chi connectivity index (χ0v) is 10.6. The van der Waals surface area contributed by atoms with Crippen LogP contribution in [0.2, 0.25) is 0 Å². The van der Waals surface area contributed by atoms with E-state index < -0.39 is 0 Å². The summed E-state index contributed by atoms with van der Waals surface area (Å²) < 4.78 is 5.20. The molecule has 3 heteroatoms. The van der Waals surface area contributed by atoms with Crippen LogP contribution in [0.5, 0.6) is 0 Å². The summed E-state index contributed by atoms with van der Waals surface area (Å²) in [5.74, 6) is 0.500.